The van der Waals surface area contributed by atoms with E-state index < -0.39 is 12.1 Å². The molecule has 1 aliphatic rings. The van der Waals surface area contributed by atoms with Gasteiger partial charge in [0.05, 0.1) is 6.04 Å². The number of nitrogens with one attached hydrogen (secondary N) is 1. The lowest BCUT2D eigenvalue weighted by Crippen LogP contribution is -2.46. The number of rotatable bonds is 3. The van der Waals surface area contributed by atoms with Crippen molar-refractivity contribution >= 4 is 12.0 Å². The first-order valence-corrected chi connectivity index (χ1v) is 5.08. The van der Waals surface area contributed by atoms with Crippen LogP contribution in [0.5, 0.6) is 0 Å². The Bertz CT molecular complexity index is 257. The highest BCUT2D eigenvalue weighted by molar-refractivity contribution is 5.81. The molecule has 0 radical (unpaired) electrons. The third-order valence-electron chi connectivity index (χ3n) is 2.58. The van der Waals surface area contributed by atoms with E-state index in [1.165, 1.54) is 4.90 Å². The summed E-state index contributed by atoms with van der Waals surface area (Å²) in [5, 5.41) is 11.5. The van der Waals surface area contributed by atoms with Crippen LogP contribution in [-0.4, -0.2) is 47.2 Å². The summed E-state index contributed by atoms with van der Waals surface area (Å²) in [4.78, 5) is 23.3. The molecule has 1 heterocycles. The van der Waals surface area contributed by atoms with Gasteiger partial charge in [-0.25, -0.2) is 4.79 Å². The molecule has 1 fully saturated rings. The van der Waals surface area contributed by atoms with E-state index in [4.69, 9.17) is 10.8 Å². The van der Waals surface area contributed by atoms with Crippen LogP contribution >= 0.6 is 0 Å². The SMILES string of the molecule is CCC(N)C(=O)N[C@H]1CCN(C(=O)O)C1. The third kappa shape index (κ3) is 3.09. The molecule has 0 aromatic rings. The minimum Gasteiger partial charge on any atom is -0.465 e. The molecule has 2 amide bonds. The third-order valence-corrected chi connectivity index (χ3v) is 2.58. The maximum Gasteiger partial charge on any atom is 0.407 e. The zero-order valence-electron chi connectivity index (χ0n) is 8.77. The normalized spacial score (nSPS) is 22.5. The number of hydrogen-bond donors (Lipinski definition) is 3. The molecule has 0 spiro atoms. The number of nitrogens with zero attached hydrogens (tertiary/aromatic N) is 1. The van der Waals surface area contributed by atoms with Gasteiger partial charge in [0.15, 0.2) is 0 Å². The molecule has 6 nitrogen and oxygen atoms in total. The maximum atomic E-state index is 11.4. The summed E-state index contributed by atoms with van der Waals surface area (Å²) in [6, 6.07) is -0.588. The highest BCUT2D eigenvalue weighted by Gasteiger charge is 2.27. The predicted molar refractivity (Wildman–Crippen MR) is 54.4 cm³/mol. The molecule has 0 aromatic carbocycles. The molecular formula is C9H17N3O3. The Labute approximate surface area is 88.4 Å². The monoisotopic (exact) mass is 215 g/mol. The van der Waals surface area contributed by atoms with Crippen LogP contribution in [0.3, 0.4) is 0 Å². The van der Waals surface area contributed by atoms with Crippen LogP contribution in [0.1, 0.15) is 19.8 Å². The predicted octanol–water partition coefficient (Wildman–Crippen LogP) is -0.408. The zero-order valence-corrected chi connectivity index (χ0v) is 8.77. The summed E-state index contributed by atoms with van der Waals surface area (Å²) in [5.74, 6) is -0.199. The summed E-state index contributed by atoms with van der Waals surface area (Å²) in [7, 11) is 0. The van der Waals surface area contributed by atoms with Gasteiger partial charge in [-0.15, -0.1) is 0 Å². The van der Waals surface area contributed by atoms with Gasteiger partial charge >= 0.3 is 6.09 Å². The van der Waals surface area contributed by atoms with Crippen molar-refractivity contribution in [3.8, 4) is 0 Å². The summed E-state index contributed by atoms with van der Waals surface area (Å²) < 4.78 is 0. The second-order valence-corrected chi connectivity index (χ2v) is 3.74. The van der Waals surface area contributed by atoms with Crippen molar-refractivity contribution < 1.29 is 14.7 Å². The van der Waals surface area contributed by atoms with Crippen LogP contribution in [0, 0.1) is 0 Å². The Kier molecular flexibility index (Phi) is 3.90. The van der Waals surface area contributed by atoms with Crippen molar-refractivity contribution in [2.75, 3.05) is 13.1 Å². The fraction of sp³-hybridized carbons (Fsp3) is 0.778. The second kappa shape index (κ2) is 4.97. The van der Waals surface area contributed by atoms with E-state index in [9.17, 15) is 9.59 Å². The van der Waals surface area contributed by atoms with Crippen LogP contribution < -0.4 is 11.1 Å². The summed E-state index contributed by atoms with van der Waals surface area (Å²) in [5.41, 5.74) is 5.55. The Morgan fingerprint density at radius 1 is 1.67 bits per heavy atom. The first-order valence-electron chi connectivity index (χ1n) is 5.08. The molecule has 15 heavy (non-hydrogen) atoms. The van der Waals surface area contributed by atoms with E-state index in [1.54, 1.807) is 0 Å². The number of carbonyl (C=O) groups excluding carboxylic acids is 1. The van der Waals surface area contributed by atoms with Gasteiger partial charge in [-0.3, -0.25) is 4.79 Å². The fourth-order valence-electron chi connectivity index (χ4n) is 1.55. The summed E-state index contributed by atoms with van der Waals surface area (Å²) in [6.45, 7) is 2.67. The molecule has 0 saturated carbocycles. The quantitative estimate of drug-likeness (QED) is 0.596. The van der Waals surface area contributed by atoms with E-state index in [-0.39, 0.29) is 11.9 Å². The van der Waals surface area contributed by atoms with Gasteiger partial charge in [0.2, 0.25) is 5.91 Å². The topological polar surface area (TPSA) is 95.7 Å². The van der Waals surface area contributed by atoms with Crippen LogP contribution in [0.25, 0.3) is 0 Å². The highest BCUT2D eigenvalue weighted by Crippen LogP contribution is 2.09. The molecule has 1 rings (SSSR count). The van der Waals surface area contributed by atoms with Crippen molar-refractivity contribution in [1.29, 1.82) is 0 Å². The van der Waals surface area contributed by atoms with Gasteiger partial charge in [0.1, 0.15) is 0 Å². The van der Waals surface area contributed by atoms with Crippen molar-refractivity contribution in [3.63, 3.8) is 0 Å². The first-order chi connectivity index (χ1) is 7.04. The first kappa shape index (κ1) is 11.8. The largest absolute Gasteiger partial charge is 0.465 e. The molecule has 2 atom stereocenters. The van der Waals surface area contributed by atoms with Gasteiger partial charge in [0.25, 0.3) is 0 Å². The summed E-state index contributed by atoms with van der Waals surface area (Å²) in [6.07, 6.45) is 0.307. The lowest BCUT2D eigenvalue weighted by molar-refractivity contribution is -0.123. The average molecular weight is 215 g/mol. The van der Waals surface area contributed by atoms with Crippen molar-refractivity contribution in [1.82, 2.24) is 10.2 Å². The van der Waals surface area contributed by atoms with E-state index in [1.807, 2.05) is 6.92 Å². The number of amides is 2. The van der Waals surface area contributed by atoms with Gasteiger partial charge in [-0.1, -0.05) is 6.92 Å². The van der Waals surface area contributed by atoms with E-state index in [0.717, 1.165) is 0 Å². The van der Waals surface area contributed by atoms with E-state index >= 15 is 0 Å². The summed E-state index contributed by atoms with van der Waals surface area (Å²) >= 11 is 0. The number of carbonyl (C=O) groups is 2. The minimum atomic E-state index is -0.938. The molecule has 4 N–H and O–H groups in total. The highest BCUT2D eigenvalue weighted by atomic mass is 16.4. The lowest BCUT2D eigenvalue weighted by Gasteiger charge is -2.16. The smallest absolute Gasteiger partial charge is 0.407 e. The number of hydrogen-bond acceptors (Lipinski definition) is 3. The Morgan fingerprint density at radius 2 is 2.33 bits per heavy atom. The Balaban J connectivity index is 2.36. The van der Waals surface area contributed by atoms with Gasteiger partial charge < -0.3 is 21.1 Å². The molecule has 6 heteroatoms. The van der Waals surface area contributed by atoms with E-state index in [0.29, 0.717) is 25.9 Å². The molecule has 1 unspecified atom stereocenters. The van der Waals surface area contributed by atoms with Crippen molar-refractivity contribution in [2.24, 2.45) is 5.73 Å². The molecule has 0 aromatic heterocycles. The second-order valence-electron chi connectivity index (χ2n) is 3.74. The van der Waals surface area contributed by atoms with Gasteiger partial charge in [-0.2, -0.15) is 0 Å². The van der Waals surface area contributed by atoms with E-state index in [2.05, 4.69) is 5.32 Å². The van der Waals surface area contributed by atoms with Crippen LogP contribution in [0.4, 0.5) is 4.79 Å². The maximum absolute atomic E-state index is 11.4. The van der Waals surface area contributed by atoms with Crippen molar-refractivity contribution in [2.45, 2.75) is 31.8 Å². The van der Waals surface area contributed by atoms with Crippen LogP contribution in [0.15, 0.2) is 0 Å². The molecule has 0 bridgehead atoms. The van der Waals surface area contributed by atoms with Crippen molar-refractivity contribution in [3.05, 3.63) is 0 Å². The molecular weight excluding hydrogens is 198 g/mol. The molecule has 0 aliphatic carbocycles. The number of nitrogens with two attached hydrogens (primary N) is 1. The molecule has 1 aliphatic heterocycles. The Morgan fingerprint density at radius 3 is 2.80 bits per heavy atom. The lowest BCUT2D eigenvalue weighted by atomic mass is 10.2. The number of likely N-dealkylation sites (tertiary alicyclic amines) is 1. The zero-order chi connectivity index (χ0) is 11.4. The standard InChI is InChI=1S/C9H17N3O3/c1-2-7(10)8(13)11-6-3-4-12(5-6)9(14)15/h6-7H,2-5,10H2,1H3,(H,11,13)(H,14,15)/t6-,7?/m0/s1. The van der Waals surface area contributed by atoms with Crippen LogP contribution in [-0.2, 0) is 4.79 Å². The fourth-order valence-corrected chi connectivity index (χ4v) is 1.55. The Hall–Kier alpha value is -1.30. The average Bonchev–Trinajstić information content (AvgIpc) is 2.65. The molecule has 1 saturated heterocycles. The number of carboxylic acid groups (broad SMARTS) is 1. The van der Waals surface area contributed by atoms with Gasteiger partial charge in [-0.05, 0) is 12.8 Å². The van der Waals surface area contributed by atoms with Gasteiger partial charge in [0, 0.05) is 19.1 Å². The molecule has 86 valence electrons. The van der Waals surface area contributed by atoms with Crippen LogP contribution in [0.2, 0.25) is 0 Å². The minimum absolute atomic E-state index is 0.0915.